The molecule has 1 aromatic heterocycles. The number of piperidine rings is 1. The lowest BCUT2D eigenvalue weighted by Crippen LogP contribution is -2.39. The van der Waals surface area contributed by atoms with Crippen molar-refractivity contribution in [2.75, 3.05) is 19.6 Å². The van der Waals surface area contributed by atoms with Crippen molar-refractivity contribution in [1.29, 1.82) is 5.26 Å². The molecule has 1 aromatic carbocycles. The molecule has 25 heavy (non-hydrogen) atoms. The van der Waals surface area contributed by atoms with Gasteiger partial charge in [-0.15, -0.1) is 11.3 Å². The molecule has 130 valence electrons. The maximum Gasteiger partial charge on any atom is 0.138 e. The summed E-state index contributed by atoms with van der Waals surface area (Å²) in [5.41, 5.74) is 2.14. The molecule has 1 fully saturated rings. The minimum absolute atomic E-state index is 0.123. The van der Waals surface area contributed by atoms with Crippen molar-refractivity contribution in [3.8, 4) is 17.3 Å². The maximum absolute atomic E-state index is 10.5. The predicted molar refractivity (Wildman–Crippen MR) is 102 cm³/mol. The third-order valence-corrected chi connectivity index (χ3v) is 5.37. The van der Waals surface area contributed by atoms with Gasteiger partial charge in [0.2, 0.25) is 0 Å². The molecule has 2 atom stereocenters. The highest BCUT2D eigenvalue weighted by Crippen LogP contribution is 2.28. The standard InChI is InChI=1S/C20H23N3OS/c1-14-8-15(2)11-23(10-14)12-19(24)17(9-21)20-22-18(13-25-20)16-6-4-3-5-7-16/h3-7,13-15,24H,8,10-12H2,1-2H3/b19-17-/t14-,15+. The van der Waals surface area contributed by atoms with Gasteiger partial charge in [-0.05, 0) is 18.3 Å². The van der Waals surface area contributed by atoms with Crippen LogP contribution in [0.5, 0.6) is 0 Å². The Bertz CT molecular complexity index is 781. The highest BCUT2D eigenvalue weighted by Gasteiger charge is 2.24. The Hall–Kier alpha value is -2.16. The third kappa shape index (κ3) is 4.28. The van der Waals surface area contributed by atoms with Gasteiger partial charge in [0.15, 0.2) is 0 Å². The fourth-order valence-electron chi connectivity index (χ4n) is 3.58. The molecule has 0 radical (unpaired) electrons. The van der Waals surface area contributed by atoms with Gasteiger partial charge in [-0.3, -0.25) is 4.90 Å². The lowest BCUT2D eigenvalue weighted by molar-refractivity contribution is 0.138. The second-order valence-corrected chi connectivity index (χ2v) is 7.84. The molecule has 0 amide bonds. The zero-order valence-corrected chi connectivity index (χ0v) is 15.5. The van der Waals surface area contributed by atoms with Crippen LogP contribution in [0.2, 0.25) is 0 Å². The first-order valence-corrected chi connectivity index (χ1v) is 9.50. The van der Waals surface area contributed by atoms with E-state index in [1.165, 1.54) is 17.8 Å². The van der Waals surface area contributed by atoms with E-state index in [-0.39, 0.29) is 11.3 Å². The number of nitrogens with zero attached hydrogens (tertiary/aromatic N) is 3. The van der Waals surface area contributed by atoms with Crippen LogP contribution in [0.25, 0.3) is 16.8 Å². The molecular formula is C20H23N3OS. The van der Waals surface area contributed by atoms with Crippen molar-refractivity contribution in [3.05, 3.63) is 46.5 Å². The van der Waals surface area contributed by atoms with Crippen molar-refractivity contribution in [2.24, 2.45) is 11.8 Å². The number of aliphatic hydroxyl groups excluding tert-OH is 1. The lowest BCUT2D eigenvalue weighted by Gasteiger charge is -2.34. The van der Waals surface area contributed by atoms with Gasteiger partial charge in [-0.2, -0.15) is 5.26 Å². The molecule has 2 heterocycles. The molecule has 0 saturated carbocycles. The van der Waals surface area contributed by atoms with E-state index in [2.05, 4.69) is 29.8 Å². The van der Waals surface area contributed by atoms with E-state index in [1.807, 2.05) is 35.7 Å². The van der Waals surface area contributed by atoms with E-state index in [0.29, 0.717) is 23.4 Å². The summed E-state index contributed by atoms with van der Waals surface area (Å²) in [7, 11) is 0. The molecular weight excluding hydrogens is 330 g/mol. The van der Waals surface area contributed by atoms with Gasteiger partial charge in [0.1, 0.15) is 22.4 Å². The fraction of sp³-hybridized carbons (Fsp3) is 0.400. The van der Waals surface area contributed by atoms with E-state index in [0.717, 1.165) is 24.3 Å². The van der Waals surface area contributed by atoms with Crippen LogP contribution in [0.1, 0.15) is 25.3 Å². The number of nitriles is 1. The Morgan fingerprint density at radius 2 is 1.96 bits per heavy atom. The average molecular weight is 353 g/mol. The summed E-state index contributed by atoms with van der Waals surface area (Å²) in [6, 6.07) is 12.0. The van der Waals surface area contributed by atoms with E-state index in [9.17, 15) is 10.4 Å². The molecule has 1 N–H and O–H groups in total. The summed E-state index contributed by atoms with van der Waals surface area (Å²) in [6.45, 7) is 6.81. The number of hydrogen-bond acceptors (Lipinski definition) is 5. The minimum Gasteiger partial charge on any atom is -0.509 e. The number of aromatic nitrogens is 1. The maximum atomic E-state index is 10.5. The van der Waals surface area contributed by atoms with Crippen LogP contribution in [0.4, 0.5) is 0 Å². The number of likely N-dealkylation sites (tertiary alicyclic amines) is 1. The summed E-state index contributed by atoms with van der Waals surface area (Å²) in [4.78, 5) is 6.79. The summed E-state index contributed by atoms with van der Waals surface area (Å²) in [5, 5.41) is 22.6. The number of hydrogen-bond donors (Lipinski definition) is 1. The van der Waals surface area contributed by atoms with Crippen molar-refractivity contribution in [1.82, 2.24) is 9.88 Å². The summed E-state index contributed by atoms with van der Waals surface area (Å²) in [5.74, 6) is 1.36. The van der Waals surface area contributed by atoms with Crippen molar-refractivity contribution >= 4 is 16.9 Å². The minimum atomic E-state index is 0.123. The average Bonchev–Trinajstić information content (AvgIpc) is 3.05. The van der Waals surface area contributed by atoms with Crippen LogP contribution in [0.15, 0.2) is 41.5 Å². The van der Waals surface area contributed by atoms with Crippen molar-refractivity contribution < 1.29 is 5.11 Å². The van der Waals surface area contributed by atoms with Crippen molar-refractivity contribution in [3.63, 3.8) is 0 Å². The van der Waals surface area contributed by atoms with Gasteiger partial charge in [0.05, 0.1) is 12.2 Å². The molecule has 3 rings (SSSR count). The van der Waals surface area contributed by atoms with Crippen LogP contribution in [0, 0.1) is 23.2 Å². The van der Waals surface area contributed by atoms with Crippen LogP contribution in [0.3, 0.4) is 0 Å². The molecule has 0 bridgehead atoms. The normalized spacial score (nSPS) is 22.3. The molecule has 0 unspecified atom stereocenters. The molecule has 4 nitrogen and oxygen atoms in total. The van der Waals surface area contributed by atoms with Gasteiger partial charge < -0.3 is 5.11 Å². The summed E-state index contributed by atoms with van der Waals surface area (Å²) >= 11 is 1.40. The predicted octanol–water partition coefficient (Wildman–Crippen LogP) is 4.58. The molecule has 1 saturated heterocycles. The Labute approximate surface area is 153 Å². The zero-order valence-electron chi connectivity index (χ0n) is 14.6. The zero-order chi connectivity index (χ0) is 17.8. The van der Waals surface area contributed by atoms with Gasteiger partial charge in [0.25, 0.3) is 0 Å². The number of benzene rings is 1. The first kappa shape index (κ1) is 17.7. The van der Waals surface area contributed by atoms with Gasteiger partial charge >= 0.3 is 0 Å². The highest BCUT2D eigenvalue weighted by molar-refractivity contribution is 7.11. The van der Waals surface area contributed by atoms with Gasteiger partial charge in [-0.25, -0.2) is 4.98 Å². The summed E-state index contributed by atoms with van der Waals surface area (Å²) in [6.07, 6.45) is 1.22. The molecule has 0 spiro atoms. The number of thiazole rings is 1. The second-order valence-electron chi connectivity index (χ2n) is 6.98. The van der Waals surface area contributed by atoms with E-state index in [4.69, 9.17) is 0 Å². The van der Waals surface area contributed by atoms with E-state index >= 15 is 0 Å². The highest BCUT2D eigenvalue weighted by atomic mass is 32.1. The quantitative estimate of drug-likeness (QED) is 0.645. The number of rotatable bonds is 4. The van der Waals surface area contributed by atoms with Crippen molar-refractivity contribution in [2.45, 2.75) is 20.3 Å². The Kier molecular flexibility index (Phi) is 5.52. The van der Waals surface area contributed by atoms with Crippen LogP contribution in [-0.4, -0.2) is 34.6 Å². The number of aliphatic hydroxyl groups is 1. The Morgan fingerprint density at radius 1 is 1.28 bits per heavy atom. The third-order valence-electron chi connectivity index (χ3n) is 4.51. The molecule has 1 aliphatic rings. The second kappa shape index (κ2) is 7.81. The number of allylic oxidation sites excluding steroid dienone is 1. The van der Waals surface area contributed by atoms with Crippen LogP contribution >= 0.6 is 11.3 Å². The first-order valence-electron chi connectivity index (χ1n) is 8.62. The largest absolute Gasteiger partial charge is 0.509 e. The molecule has 5 heteroatoms. The lowest BCUT2D eigenvalue weighted by atomic mass is 9.92. The smallest absolute Gasteiger partial charge is 0.138 e. The Morgan fingerprint density at radius 3 is 2.60 bits per heavy atom. The van der Waals surface area contributed by atoms with Crippen LogP contribution < -0.4 is 0 Å². The van der Waals surface area contributed by atoms with E-state index < -0.39 is 0 Å². The SMILES string of the molecule is C[C@@H]1C[C@H](C)CN(C/C(O)=C(\C#N)c2nc(-c3ccccc3)cs2)C1. The first-order chi connectivity index (χ1) is 12.1. The molecule has 1 aliphatic heterocycles. The molecule has 2 aromatic rings. The Balaban J connectivity index is 1.80. The fourth-order valence-corrected chi connectivity index (χ4v) is 4.42. The summed E-state index contributed by atoms with van der Waals surface area (Å²) < 4.78 is 0. The van der Waals surface area contributed by atoms with E-state index in [1.54, 1.807) is 0 Å². The van der Waals surface area contributed by atoms with Gasteiger partial charge in [0, 0.05) is 24.0 Å². The van der Waals surface area contributed by atoms with Gasteiger partial charge in [-0.1, -0.05) is 44.2 Å². The molecule has 0 aliphatic carbocycles. The topological polar surface area (TPSA) is 60.1 Å². The van der Waals surface area contributed by atoms with Crippen LogP contribution in [-0.2, 0) is 0 Å². The monoisotopic (exact) mass is 353 g/mol.